The highest BCUT2D eigenvalue weighted by molar-refractivity contribution is 7.92. The number of aromatic nitrogens is 3. The molecule has 2 aromatic heterocycles. The number of nitrogens with zero attached hydrogens (tertiary/aromatic N) is 4. The average molecular weight is 417 g/mol. The van der Waals surface area contributed by atoms with Crippen molar-refractivity contribution in [2.24, 2.45) is 0 Å². The van der Waals surface area contributed by atoms with E-state index < -0.39 is 10.0 Å². The van der Waals surface area contributed by atoms with Crippen molar-refractivity contribution >= 4 is 26.9 Å². The number of rotatable bonds is 6. The molecule has 0 fully saturated rings. The van der Waals surface area contributed by atoms with Crippen LogP contribution in [-0.4, -0.2) is 23.4 Å². The van der Waals surface area contributed by atoms with Crippen molar-refractivity contribution < 1.29 is 13.2 Å². The highest BCUT2D eigenvalue weighted by Crippen LogP contribution is 2.26. The molecule has 0 atom stereocenters. The second-order valence-electron chi connectivity index (χ2n) is 6.22. The maximum absolute atomic E-state index is 12.8. The van der Waals surface area contributed by atoms with E-state index in [0.717, 1.165) is 0 Å². The molecule has 0 aliphatic heterocycles. The van der Waals surface area contributed by atoms with Gasteiger partial charge in [0.1, 0.15) is 6.61 Å². The van der Waals surface area contributed by atoms with Crippen molar-refractivity contribution in [2.75, 3.05) is 4.72 Å². The summed E-state index contributed by atoms with van der Waals surface area (Å²) in [5.74, 6) is 0.00515. The summed E-state index contributed by atoms with van der Waals surface area (Å²) in [6, 6.07) is 20.0. The Morgan fingerprint density at radius 3 is 2.30 bits per heavy atom. The summed E-state index contributed by atoms with van der Waals surface area (Å²) >= 11 is 0. The summed E-state index contributed by atoms with van der Waals surface area (Å²) < 4.78 is 33.9. The quantitative estimate of drug-likeness (QED) is 0.511. The Hall–Kier alpha value is -4.03. The van der Waals surface area contributed by atoms with Gasteiger partial charge in [-0.1, -0.05) is 18.2 Å². The van der Waals surface area contributed by atoms with Crippen LogP contribution in [0.5, 0.6) is 5.88 Å². The number of ether oxygens (including phenoxy) is 1. The van der Waals surface area contributed by atoms with Gasteiger partial charge in [0.25, 0.3) is 15.9 Å². The lowest BCUT2D eigenvalue weighted by Gasteiger charge is -2.13. The van der Waals surface area contributed by atoms with Crippen LogP contribution < -0.4 is 9.46 Å². The molecule has 0 unspecified atom stereocenters. The fourth-order valence-corrected chi connectivity index (χ4v) is 3.67. The van der Waals surface area contributed by atoms with Gasteiger partial charge in [-0.15, -0.1) is 0 Å². The van der Waals surface area contributed by atoms with Gasteiger partial charge in [-0.05, 0) is 48.5 Å². The number of hydrogen-bond acceptors (Lipinski definition) is 7. The third kappa shape index (κ3) is 4.19. The summed E-state index contributed by atoms with van der Waals surface area (Å²) in [6.45, 7) is 0.0967. The van der Waals surface area contributed by atoms with E-state index in [1.165, 1.54) is 24.3 Å². The smallest absolute Gasteiger partial charge is 0.263 e. The molecule has 0 saturated heterocycles. The van der Waals surface area contributed by atoms with Crippen molar-refractivity contribution in [1.29, 1.82) is 5.26 Å². The highest BCUT2D eigenvalue weighted by Gasteiger charge is 2.20. The summed E-state index contributed by atoms with van der Waals surface area (Å²) in [5.41, 5.74) is 2.10. The Labute approximate surface area is 172 Å². The normalized spacial score (nSPS) is 11.0. The Balaban J connectivity index is 1.69. The van der Waals surface area contributed by atoms with Gasteiger partial charge in [0, 0.05) is 6.20 Å². The zero-order chi connectivity index (χ0) is 21.0. The lowest BCUT2D eigenvalue weighted by Crippen LogP contribution is -2.16. The monoisotopic (exact) mass is 417 g/mol. The number of nitrogens with one attached hydrogen (secondary N) is 1. The molecule has 2 aromatic carbocycles. The second kappa shape index (κ2) is 8.14. The van der Waals surface area contributed by atoms with Crippen LogP contribution in [0.1, 0.15) is 11.3 Å². The first-order valence-corrected chi connectivity index (χ1v) is 10.4. The van der Waals surface area contributed by atoms with Gasteiger partial charge in [-0.2, -0.15) is 5.26 Å². The number of para-hydroxylation sites is 2. The van der Waals surface area contributed by atoms with E-state index in [1.54, 1.807) is 42.6 Å². The number of nitriles is 1. The van der Waals surface area contributed by atoms with Gasteiger partial charge < -0.3 is 4.74 Å². The molecule has 2 heterocycles. The third-order valence-electron chi connectivity index (χ3n) is 4.15. The topological polar surface area (TPSA) is 118 Å². The summed E-state index contributed by atoms with van der Waals surface area (Å²) in [6.07, 6.45) is 1.64. The average Bonchev–Trinajstić information content (AvgIpc) is 2.78. The molecule has 8 nitrogen and oxygen atoms in total. The number of hydrogen-bond donors (Lipinski definition) is 1. The zero-order valence-electron chi connectivity index (χ0n) is 15.6. The van der Waals surface area contributed by atoms with Gasteiger partial charge in [-0.3, -0.25) is 9.71 Å². The minimum absolute atomic E-state index is 0.00728. The van der Waals surface area contributed by atoms with E-state index in [-0.39, 0.29) is 23.2 Å². The minimum atomic E-state index is -3.97. The molecule has 0 amide bonds. The predicted octanol–water partition coefficient (Wildman–Crippen LogP) is 3.28. The number of benzene rings is 2. The maximum atomic E-state index is 12.8. The molecule has 0 aliphatic rings. The van der Waals surface area contributed by atoms with Crippen LogP contribution in [0, 0.1) is 11.3 Å². The summed E-state index contributed by atoms with van der Waals surface area (Å²) in [7, 11) is -3.97. The van der Waals surface area contributed by atoms with Crippen molar-refractivity contribution in [3.05, 3.63) is 84.2 Å². The first-order valence-electron chi connectivity index (χ1n) is 8.88. The highest BCUT2D eigenvalue weighted by atomic mass is 32.2. The SMILES string of the molecule is N#Cc1ccc(S(=O)(=O)Nc2nc3ccccc3nc2OCc2ccccn2)cc1. The molecule has 4 rings (SSSR count). The molecule has 0 radical (unpaired) electrons. The molecule has 0 bridgehead atoms. The van der Waals surface area contributed by atoms with E-state index >= 15 is 0 Å². The predicted molar refractivity (Wildman–Crippen MR) is 110 cm³/mol. The van der Waals surface area contributed by atoms with Gasteiger partial charge in [0.15, 0.2) is 0 Å². The van der Waals surface area contributed by atoms with E-state index in [9.17, 15) is 8.42 Å². The molecule has 0 spiro atoms. The Kier molecular flexibility index (Phi) is 5.24. The Bertz CT molecular complexity index is 1330. The van der Waals surface area contributed by atoms with Crippen molar-refractivity contribution in [3.63, 3.8) is 0 Å². The van der Waals surface area contributed by atoms with E-state index in [4.69, 9.17) is 10.00 Å². The molecular weight excluding hydrogens is 402 g/mol. The Morgan fingerprint density at radius 1 is 0.933 bits per heavy atom. The fourth-order valence-electron chi connectivity index (χ4n) is 2.67. The van der Waals surface area contributed by atoms with Crippen molar-refractivity contribution in [2.45, 2.75) is 11.5 Å². The van der Waals surface area contributed by atoms with Crippen LogP contribution in [0.15, 0.2) is 77.8 Å². The number of anilines is 1. The number of pyridine rings is 1. The van der Waals surface area contributed by atoms with E-state index in [0.29, 0.717) is 22.3 Å². The van der Waals surface area contributed by atoms with Gasteiger partial charge in [-0.25, -0.2) is 18.4 Å². The summed E-state index contributed by atoms with van der Waals surface area (Å²) in [4.78, 5) is 13.0. The lowest BCUT2D eigenvalue weighted by atomic mass is 10.2. The van der Waals surface area contributed by atoms with Crippen LogP contribution in [0.2, 0.25) is 0 Å². The van der Waals surface area contributed by atoms with Crippen LogP contribution in [0.25, 0.3) is 11.0 Å². The van der Waals surface area contributed by atoms with Crippen molar-refractivity contribution in [1.82, 2.24) is 15.0 Å². The molecule has 9 heteroatoms. The standard InChI is InChI=1S/C21H15N5O3S/c22-13-15-8-10-17(11-9-15)30(27,28)26-20-21(29-14-16-5-3-4-12-23-16)25-19-7-2-1-6-18(19)24-20/h1-12H,14H2,(H,24,26). The first kappa shape index (κ1) is 19.3. The molecular formula is C21H15N5O3S. The van der Waals surface area contributed by atoms with Crippen LogP contribution >= 0.6 is 0 Å². The van der Waals surface area contributed by atoms with E-state index in [2.05, 4.69) is 19.7 Å². The summed E-state index contributed by atoms with van der Waals surface area (Å²) in [5, 5.41) is 8.90. The molecule has 148 valence electrons. The molecule has 0 saturated carbocycles. The molecule has 4 aromatic rings. The van der Waals surface area contributed by atoms with Crippen molar-refractivity contribution in [3.8, 4) is 11.9 Å². The Morgan fingerprint density at radius 2 is 1.63 bits per heavy atom. The second-order valence-corrected chi connectivity index (χ2v) is 7.90. The third-order valence-corrected chi connectivity index (χ3v) is 5.50. The largest absolute Gasteiger partial charge is 0.469 e. The molecule has 1 N–H and O–H groups in total. The van der Waals surface area contributed by atoms with Gasteiger partial charge in [0.2, 0.25) is 5.82 Å². The fraction of sp³-hybridized carbons (Fsp3) is 0.0476. The minimum Gasteiger partial charge on any atom is -0.469 e. The van der Waals surface area contributed by atoms with Crippen LogP contribution in [0.4, 0.5) is 5.82 Å². The lowest BCUT2D eigenvalue weighted by molar-refractivity contribution is 0.291. The first-order chi connectivity index (χ1) is 14.5. The van der Waals surface area contributed by atoms with Gasteiger partial charge in [0.05, 0.1) is 33.3 Å². The number of fused-ring (bicyclic) bond motifs is 1. The zero-order valence-corrected chi connectivity index (χ0v) is 16.4. The van der Waals surface area contributed by atoms with Gasteiger partial charge >= 0.3 is 0 Å². The van der Waals surface area contributed by atoms with Crippen LogP contribution in [-0.2, 0) is 16.6 Å². The maximum Gasteiger partial charge on any atom is 0.263 e. The van der Waals surface area contributed by atoms with E-state index in [1.807, 2.05) is 12.1 Å². The number of sulfonamides is 1. The van der Waals surface area contributed by atoms with Crippen LogP contribution in [0.3, 0.4) is 0 Å². The molecule has 30 heavy (non-hydrogen) atoms. The molecule has 0 aliphatic carbocycles.